The van der Waals surface area contributed by atoms with E-state index in [0.717, 1.165) is 12.8 Å². The van der Waals surface area contributed by atoms with E-state index in [1.54, 1.807) is 0 Å². The monoisotopic (exact) mass is 199 g/mol. The summed E-state index contributed by atoms with van der Waals surface area (Å²) < 4.78 is 5.07. The number of ether oxygens (including phenoxy) is 1. The van der Waals surface area contributed by atoms with Crippen molar-refractivity contribution in [3.05, 3.63) is 0 Å². The lowest BCUT2D eigenvalue weighted by molar-refractivity contribution is -0.151. The number of carbonyl (C=O) groups excluding carboxylic acids is 1. The smallest absolute Gasteiger partial charge is 0.323 e. The first-order valence-corrected chi connectivity index (χ1v) is 5.31. The Labute approximate surface area is 86.2 Å². The third-order valence-electron chi connectivity index (χ3n) is 2.43. The van der Waals surface area contributed by atoms with Gasteiger partial charge in [0, 0.05) is 6.04 Å². The Hall–Kier alpha value is -0.570. The van der Waals surface area contributed by atoms with Gasteiger partial charge in [0.15, 0.2) is 0 Å². The number of nitrogens with one attached hydrogen (secondary N) is 1. The molecule has 3 heteroatoms. The molecule has 0 aliphatic carbocycles. The largest absolute Gasteiger partial charge is 0.463 e. The summed E-state index contributed by atoms with van der Waals surface area (Å²) >= 11 is 0. The molecule has 0 saturated carbocycles. The minimum atomic E-state index is -0.0991. The Morgan fingerprint density at radius 3 is 2.71 bits per heavy atom. The number of esters is 1. The van der Waals surface area contributed by atoms with Crippen LogP contribution in [0.15, 0.2) is 0 Å². The highest BCUT2D eigenvalue weighted by molar-refractivity contribution is 5.76. The number of carbonyl (C=O) groups is 1. The Balaban J connectivity index is 2.39. The van der Waals surface area contributed by atoms with Gasteiger partial charge in [-0.05, 0) is 25.2 Å². The third kappa shape index (κ3) is 3.66. The van der Waals surface area contributed by atoms with Gasteiger partial charge in [0.05, 0.1) is 0 Å². The highest BCUT2D eigenvalue weighted by Crippen LogP contribution is 2.22. The van der Waals surface area contributed by atoms with E-state index < -0.39 is 0 Å². The normalized spacial score (nSPS) is 28.7. The van der Waals surface area contributed by atoms with Gasteiger partial charge in [0.2, 0.25) is 0 Å². The van der Waals surface area contributed by atoms with Crippen LogP contribution >= 0.6 is 0 Å². The molecule has 14 heavy (non-hydrogen) atoms. The molecular weight excluding hydrogens is 178 g/mol. The number of morpholine rings is 1. The van der Waals surface area contributed by atoms with Crippen molar-refractivity contribution in [3.8, 4) is 0 Å². The fraction of sp³-hybridized carbons (Fsp3) is 0.909. The second-order valence-corrected chi connectivity index (χ2v) is 5.35. The Bertz CT molecular complexity index is 208. The van der Waals surface area contributed by atoms with E-state index in [2.05, 4.69) is 26.1 Å². The zero-order chi connectivity index (χ0) is 10.8. The molecule has 1 N–H and O–H groups in total. The van der Waals surface area contributed by atoms with Crippen molar-refractivity contribution >= 4 is 5.97 Å². The van der Waals surface area contributed by atoms with Crippen molar-refractivity contribution in [2.75, 3.05) is 6.61 Å². The highest BCUT2D eigenvalue weighted by Gasteiger charge is 2.28. The Kier molecular flexibility index (Phi) is 3.53. The molecule has 1 rings (SSSR count). The minimum Gasteiger partial charge on any atom is -0.463 e. The predicted octanol–water partition coefficient (Wildman–Crippen LogP) is 1.72. The minimum absolute atomic E-state index is 0.0904. The van der Waals surface area contributed by atoms with Gasteiger partial charge in [-0.2, -0.15) is 0 Å². The van der Waals surface area contributed by atoms with Gasteiger partial charge in [-0.25, -0.2) is 0 Å². The van der Waals surface area contributed by atoms with E-state index in [9.17, 15) is 4.79 Å². The summed E-state index contributed by atoms with van der Waals surface area (Å²) in [7, 11) is 0. The number of hydrogen-bond acceptors (Lipinski definition) is 3. The molecule has 2 atom stereocenters. The topological polar surface area (TPSA) is 38.3 Å². The average molecular weight is 199 g/mol. The maximum absolute atomic E-state index is 11.4. The second-order valence-electron chi connectivity index (χ2n) is 5.35. The molecule has 0 spiro atoms. The van der Waals surface area contributed by atoms with Gasteiger partial charge in [-0.3, -0.25) is 10.1 Å². The average Bonchev–Trinajstić information content (AvgIpc) is 2.05. The van der Waals surface area contributed by atoms with E-state index in [4.69, 9.17) is 4.74 Å². The first-order valence-electron chi connectivity index (χ1n) is 5.31. The van der Waals surface area contributed by atoms with E-state index in [0.29, 0.717) is 6.61 Å². The maximum Gasteiger partial charge on any atom is 0.323 e. The molecule has 0 unspecified atom stereocenters. The highest BCUT2D eigenvalue weighted by atomic mass is 16.5. The second kappa shape index (κ2) is 4.30. The van der Waals surface area contributed by atoms with Gasteiger partial charge >= 0.3 is 5.97 Å². The van der Waals surface area contributed by atoms with Crippen LogP contribution < -0.4 is 5.32 Å². The van der Waals surface area contributed by atoms with Gasteiger partial charge in [-0.1, -0.05) is 20.8 Å². The van der Waals surface area contributed by atoms with Crippen molar-refractivity contribution in [2.24, 2.45) is 5.41 Å². The molecule has 1 fully saturated rings. The van der Waals surface area contributed by atoms with Crippen molar-refractivity contribution in [2.45, 2.75) is 52.6 Å². The third-order valence-corrected chi connectivity index (χ3v) is 2.43. The van der Waals surface area contributed by atoms with E-state index in [-0.39, 0.29) is 23.5 Å². The molecule has 0 aromatic rings. The molecule has 0 radical (unpaired) electrons. The number of cyclic esters (lactones) is 1. The zero-order valence-corrected chi connectivity index (χ0v) is 9.59. The lowest BCUT2D eigenvalue weighted by atomic mass is 9.88. The van der Waals surface area contributed by atoms with Crippen molar-refractivity contribution in [3.63, 3.8) is 0 Å². The van der Waals surface area contributed by atoms with Gasteiger partial charge in [-0.15, -0.1) is 0 Å². The van der Waals surface area contributed by atoms with Crippen molar-refractivity contribution < 1.29 is 9.53 Å². The maximum atomic E-state index is 11.4. The molecule has 1 heterocycles. The van der Waals surface area contributed by atoms with Gasteiger partial charge in [0.1, 0.15) is 12.6 Å². The van der Waals surface area contributed by atoms with Crippen molar-refractivity contribution in [1.29, 1.82) is 0 Å². The molecule has 3 nitrogen and oxygen atoms in total. The summed E-state index contributed by atoms with van der Waals surface area (Å²) in [5, 5.41) is 3.26. The summed E-state index contributed by atoms with van der Waals surface area (Å²) in [5.41, 5.74) is 0.280. The molecule has 0 aromatic carbocycles. The molecule has 1 saturated heterocycles. The van der Waals surface area contributed by atoms with Crippen molar-refractivity contribution in [1.82, 2.24) is 5.32 Å². The van der Waals surface area contributed by atoms with Crippen LogP contribution in [-0.4, -0.2) is 24.7 Å². The van der Waals surface area contributed by atoms with Crippen LogP contribution in [0.3, 0.4) is 0 Å². The van der Waals surface area contributed by atoms with Crippen LogP contribution in [0.25, 0.3) is 0 Å². The van der Waals surface area contributed by atoms with E-state index >= 15 is 0 Å². The molecular formula is C11H21NO2. The summed E-state index contributed by atoms with van der Waals surface area (Å²) in [5.74, 6) is -0.0904. The van der Waals surface area contributed by atoms with Crippen LogP contribution in [0.5, 0.6) is 0 Å². The fourth-order valence-corrected chi connectivity index (χ4v) is 1.55. The van der Waals surface area contributed by atoms with Gasteiger partial charge in [0.25, 0.3) is 0 Å². The van der Waals surface area contributed by atoms with Crippen LogP contribution in [0.1, 0.15) is 40.5 Å². The quantitative estimate of drug-likeness (QED) is 0.688. The van der Waals surface area contributed by atoms with E-state index in [1.807, 2.05) is 6.92 Å². The van der Waals surface area contributed by atoms with Crippen LogP contribution in [0.4, 0.5) is 0 Å². The fourth-order valence-electron chi connectivity index (χ4n) is 1.55. The number of rotatable bonds is 2. The summed E-state index contributed by atoms with van der Waals surface area (Å²) in [6, 6.07) is 0.190. The lowest BCUT2D eigenvalue weighted by Crippen LogP contribution is -2.50. The van der Waals surface area contributed by atoms with E-state index in [1.165, 1.54) is 0 Å². The predicted molar refractivity (Wildman–Crippen MR) is 56.0 cm³/mol. The molecule has 0 aromatic heterocycles. The van der Waals surface area contributed by atoms with Gasteiger partial charge < -0.3 is 4.74 Å². The molecule has 82 valence electrons. The standard InChI is InChI=1S/C11H21NO2/c1-8-7-14-10(13)9(12-8)5-6-11(2,3)4/h8-9,12H,5-7H2,1-4H3/t8-,9-/m0/s1. The Morgan fingerprint density at radius 2 is 2.14 bits per heavy atom. The Morgan fingerprint density at radius 1 is 1.50 bits per heavy atom. The zero-order valence-electron chi connectivity index (χ0n) is 9.59. The first-order chi connectivity index (χ1) is 6.38. The SMILES string of the molecule is C[C@H]1COC(=O)[C@H](CCC(C)(C)C)N1. The molecule has 0 amide bonds. The number of hydrogen-bond donors (Lipinski definition) is 1. The summed E-state index contributed by atoms with van der Waals surface area (Å²) in [6.45, 7) is 9.10. The summed E-state index contributed by atoms with van der Waals surface area (Å²) in [4.78, 5) is 11.4. The van der Waals surface area contributed by atoms with Crippen LogP contribution in [-0.2, 0) is 9.53 Å². The lowest BCUT2D eigenvalue weighted by Gasteiger charge is -2.29. The molecule has 1 aliphatic heterocycles. The van der Waals surface area contributed by atoms with Crippen LogP contribution in [0, 0.1) is 5.41 Å². The molecule has 1 aliphatic rings. The first kappa shape index (κ1) is 11.5. The van der Waals surface area contributed by atoms with Crippen LogP contribution in [0.2, 0.25) is 0 Å². The molecule has 0 bridgehead atoms. The summed E-state index contributed by atoms with van der Waals surface area (Å²) in [6.07, 6.45) is 1.90.